The van der Waals surface area contributed by atoms with Gasteiger partial charge in [-0.3, -0.25) is 9.59 Å². The van der Waals surface area contributed by atoms with E-state index >= 15 is 0 Å². The van der Waals surface area contributed by atoms with Crippen LogP contribution in [0.25, 0.3) is 10.9 Å². The van der Waals surface area contributed by atoms with Crippen LogP contribution in [0.3, 0.4) is 0 Å². The van der Waals surface area contributed by atoms with Crippen molar-refractivity contribution in [1.82, 2.24) is 25.4 Å². The van der Waals surface area contributed by atoms with Crippen LogP contribution in [0.4, 0.5) is 4.79 Å². The number of urea groups is 1. The van der Waals surface area contributed by atoms with E-state index in [1.807, 2.05) is 92.0 Å². The molecule has 0 bridgehead atoms. The molecule has 0 aliphatic carbocycles. The summed E-state index contributed by atoms with van der Waals surface area (Å²) in [7, 11) is 0. The summed E-state index contributed by atoms with van der Waals surface area (Å²) in [5, 5.41) is 7.07. The molecule has 3 aromatic carbocycles. The number of hydrogen-bond donors (Lipinski definition) is 3. The van der Waals surface area contributed by atoms with Gasteiger partial charge in [-0.25, -0.2) is 4.79 Å². The summed E-state index contributed by atoms with van der Waals surface area (Å²) >= 11 is 0. The van der Waals surface area contributed by atoms with Crippen LogP contribution in [0.1, 0.15) is 53.7 Å². The number of nitrogens with zero attached hydrogens (tertiary/aromatic N) is 2. The van der Waals surface area contributed by atoms with Crippen LogP contribution in [0.2, 0.25) is 0 Å². The van der Waals surface area contributed by atoms with Gasteiger partial charge >= 0.3 is 6.03 Å². The number of aromatic nitrogens is 1. The number of carbonyl (C=O) groups excluding carboxylic acids is 3. The van der Waals surface area contributed by atoms with Crippen LogP contribution in [0.5, 0.6) is 0 Å². The molecule has 3 N–H and O–H groups in total. The van der Waals surface area contributed by atoms with Crippen molar-refractivity contribution in [2.24, 2.45) is 0 Å². The summed E-state index contributed by atoms with van der Waals surface area (Å²) in [6.07, 6.45) is 5.47. The normalized spacial score (nSPS) is 15.7. The Bertz CT molecular complexity index is 1530. The first-order chi connectivity index (χ1) is 20.9. The molecule has 0 saturated carbocycles. The third-order valence-corrected chi connectivity index (χ3v) is 8.22. The van der Waals surface area contributed by atoms with Gasteiger partial charge in [0, 0.05) is 61.3 Å². The number of benzene rings is 3. The Kier molecular flexibility index (Phi) is 9.77. The predicted octanol–water partition coefficient (Wildman–Crippen LogP) is 5.29. The van der Waals surface area contributed by atoms with E-state index in [9.17, 15) is 14.4 Å². The minimum absolute atomic E-state index is 0.144. The molecule has 4 amide bonds. The van der Waals surface area contributed by atoms with Crippen LogP contribution < -0.4 is 10.6 Å². The fourth-order valence-corrected chi connectivity index (χ4v) is 5.72. The predicted molar refractivity (Wildman–Crippen MR) is 170 cm³/mol. The van der Waals surface area contributed by atoms with E-state index in [0.717, 1.165) is 41.3 Å². The van der Waals surface area contributed by atoms with Crippen LogP contribution in [0, 0.1) is 0 Å². The van der Waals surface area contributed by atoms with Crippen molar-refractivity contribution in [1.29, 1.82) is 0 Å². The van der Waals surface area contributed by atoms with E-state index in [0.29, 0.717) is 38.2 Å². The lowest BCUT2D eigenvalue weighted by Crippen LogP contribution is -2.60. The highest BCUT2D eigenvalue weighted by atomic mass is 16.2. The van der Waals surface area contributed by atoms with Crippen molar-refractivity contribution >= 4 is 28.7 Å². The number of aryl methyl sites for hydroxylation is 1. The van der Waals surface area contributed by atoms with Crippen molar-refractivity contribution in [3.05, 3.63) is 107 Å². The molecule has 1 fully saturated rings. The van der Waals surface area contributed by atoms with Gasteiger partial charge in [-0.05, 0) is 54.7 Å². The second kappa shape index (κ2) is 14.1. The van der Waals surface area contributed by atoms with Gasteiger partial charge in [-0.15, -0.1) is 0 Å². The minimum Gasteiger partial charge on any atom is -0.361 e. The second-order valence-corrected chi connectivity index (χ2v) is 11.4. The topological polar surface area (TPSA) is 97.5 Å². The van der Waals surface area contributed by atoms with E-state index in [4.69, 9.17) is 0 Å². The SMILES string of the molecule is CCCCc1ccc(C(=O)NC(Cc2c[nH]c3ccccc23)C(=O)N2CCN(C(=O)NCc3ccccc3)C(C)C2)cc1. The maximum absolute atomic E-state index is 14.0. The quantitative estimate of drug-likeness (QED) is 0.238. The van der Waals surface area contributed by atoms with Crippen LogP contribution >= 0.6 is 0 Å². The summed E-state index contributed by atoms with van der Waals surface area (Å²) in [4.78, 5) is 47.2. The molecule has 43 heavy (non-hydrogen) atoms. The van der Waals surface area contributed by atoms with E-state index < -0.39 is 6.04 Å². The molecule has 1 aliphatic heterocycles. The largest absolute Gasteiger partial charge is 0.361 e. The number of unbranched alkanes of at least 4 members (excludes halogenated alkanes) is 1. The Morgan fingerprint density at radius 2 is 1.67 bits per heavy atom. The first kappa shape index (κ1) is 29.9. The number of nitrogens with one attached hydrogen (secondary N) is 3. The Morgan fingerprint density at radius 1 is 0.930 bits per heavy atom. The van der Waals surface area contributed by atoms with Gasteiger partial charge < -0.3 is 25.4 Å². The number of hydrogen-bond acceptors (Lipinski definition) is 3. The zero-order valence-corrected chi connectivity index (χ0v) is 25.0. The van der Waals surface area contributed by atoms with Gasteiger partial charge in [-0.2, -0.15) is 0 Å². The standard InChI is InChI=1S/C35H41N5O3/c1-3-4-10-26-15-17-28(18-16-26)33(41)38-32(21-29-23-36-31-14-9-8-13-30(29)31)34(42)39-19-20-40(25(2)24-39)35(43)37-22-27-11-6-5-7-12-27/h5-9,11-18,23,25,32,36H,3-4,10,19-22,24H2,1-2H3,(H,37,43)(H,38,41). The monoisotopic (exact) mass is 579 g/mol. The molecule has 2 atom stereocenters. The highest BCUT2D eigenvalue weighted by Gasteiger charge is 2.34. The lowest BCUT2D eigenvalue weighted by Gasteiger charge is -2.41. The van der Waals surface area contributed by atoms with Crippen molar-refractivity contribution in [2.45, 2.75) is 58.2 Å². The van der Waals surface area contributed by atoms with Gasteiger partial charge in [0.1, 0.15) is 6.04 Å². The summed E-state index contributed by atoms with van der Waals surface area (Å²) in [5.41, 5.74) is 4.72. The molecule has 2 heterocycles. The van der Waals surface area contributed by atoms with Crippen molar-refractivity contribution in [3.8, 4) is 0 Å². The lowest BCUT2D eigenvalue weighted by atomic mass is 10.0. The number of carbonyl (C=O) groups is 3. The van der Waals surface area contributed by atoms with Gasteiger partial charge in [0.05, 0.1) is 0 Å². The fourth-order valence-electron chi connectivity index (χ4n) is 5.72. The molecule has 5 rings (SSSR count). The number of para-hydroxylation sites is 1. The Morgan fingerprint density at radius 3 is 2.42 bits per heavy atom. The number of rotatable bonds is 10. The summed E-state index contributed by atoms with van der Waals surface area (Å²) in [6.45, 7) is 5.77. The van der Waals surface area contributed by atoms with E-state index in [1.54, 1.807) is 9.80 Å². The average Bonchev–Trinajstić information content (AvgIpc) is 3.45. The number of aromatic amines is 1. The smallest absolute Gasteiger partial charge is 0.318 e. The minimum atomic E-state index is -0.753. The van der Waals surface area contributed by atoms with Crippen LogP contribution in [-0.4, -0.2) is 64.3 Å². The first-order valence-corrected chi connectivity index (χ1v) is 15.2. The highest BCUT2D eigenvalue weighted by molar-refractivity contribution is 5.98. The molecular formula is C35H41N5O3. The molecule has 4 aromatic rings. The average molecular weight is 580 g/mol. The van der Waals surface area contributed by atoms with Crippen LogP contribution in [-0.2, 0) is 24.2 Å². The molecule has 8 heteroatoms. The highest BCUT2D eigenvalue weighted by Crippen LogP contribution is 2.21. The van der Waals surface area contributed by atoms with Crippen LogP contribution in [0.15, 0.2) is 85.1 Å². The van der Waals surface area contributed by atoms with Gasteiger partial charge in [0.15, 0.2) is 0 Å². The van der Waals surface area contributed by atoms with E-state index in [-0.39, 0.29) is 23.9 Å². The molecule has 0 radical (unpaired) electrons. The number of piperazine rings is 1. The zero-order valence-electron chi connectivity index (χ0n) is 25.0. The first-order valence-electron chi connectivity index (χ1n) is 15.2. The molecule has 8 nitrogen and oxygen atoms in total. The lowest BCUT2D eigenvalue weighted by molar-refractivity contribution is -0.135. The number of fused-ring (bicyclic) bond motifs is 1. The molecule has 0 spiro atoms. The molecule has 224 valence electrons. The molecule has 1 saturated heterocycles. The van der Waals surface area contributed by atoms with Crippen molar-refractivity contribution < 1.29 is 14.4 Å². The third-order valence-electron chi connectivity index (χ3n) is 8.22. The summed E-state index contributed by atoms with van der Waals surface area (Å²) < 4.78 is 0. The number of H-pyrrole nitrogens is 1. The zero-order chi connectivity index (χ0) is 30.2. The number of amides is 4. The van der Waals surface area contributed by atoms with Gasteiger partial charge in [0.2, 0.25) is 5.91 Å². The van der Waals surface area contributed by atoms with E-state index in [1.165, 1.54) is 5.56 Å². The molecule has 1 aromatic heterocycles. The molecular weight excluding hydrogens is 538 g/mol. The van der Waals surface area contributed by atoms with E-state index in [2.05, 4.69) is 22.5 Å². The Balaban J connectivity index is 1.28. The molecule has 1 aliphatic rings. The fraction of sp³-hybridized carbons (Fsp3) is 0.343. The maximum Gasteiger partial charge on any atom is 0.318 e. The Hall–Kier alpha value is -4.59. The van der Waals surface area contributed by atoms with Crippen molar-refractivity contribution in [2.75, 3.05) is 19.6 Å². The summed E-state index contributed by atoms with van der Waals surface area (Å²) in [5.74, 6) is -0.415. The molecule has 2 unspecified atom stereocenters. The Labute approximate surface area is 253 Å². The van der Waals surface area contributed by atoms with Crippen molar-refractivity contribution in [3.63, 3.8) is 0 Å². The third kappa shape index (κ3) is 7.44. The summed E-state index contributed by atoms with van der Waals surface area (Å²) in [6, 6.07) is 24.3. The maximum atomic E-state index is 14.0. The van der Waals surface area contributed by atoms with Gasteiger partial charge in [0.25, 0.3) is 5.91 Å². The second-order valence-electron chi connectivity index (χ2n) is 11.4. The van der Waals surface area contributed by atoms with Gasteiger partial charge in [-0.1, -0.05) is 74.0 Å².